The van der Waals surface area contributed by atoms with Gasteiger partial charge < -0.3 is 9.84 Å². The van der Waals surface area contributed by atoms with Crippen LogP contribution in [0.25, 0.3) is 0 Å². The van der Waals surface area contributed by atoms with Crippen LogP contribution in [-0.4, -0.2) is 36.3 Å². The van der Waals surface area contributed by atoms with E-state index >= 15 is 0 Å². The lowest BCUT2D eigenvalue weighted by Gasteiger charge is -1.94. The quantitative estimate of drug-likeness (QED) is 0.404. The van der Waals surface area contributed by atoms with Gasteiger partial charge in [0.05, 0.1) is 0 Å². The average Bonchev–Trinajstić information content (AvgIpc) is 1.87. The van der Waals surface area contributed by atoms with Gasteiger partial charge in [0.2, 0.25) is 5.78 Å². The van der Waals surface area contributed by atoms with Gasteiger partial charge in [-0.25, -0.2) is 4.79 Å². The van der Waals surface area contributed by atoms with Gasteiger partial charge in [-0.3, -0.25) is 10.2 Å². The predicted molar refractivity (Wildman–Crippen MR) is 32.2 cm³/mol. The fourth-order valence-electron chi connectivity index (χ4n) is 0.323. The highest BCUT2D eigenvalue weighted by atomic mass is 16.5. The monoisotopic (exact) mass is 145 g/mol. The molecule has 0 fully saturated rings. The zero-order chi connectivity index (χ0) is 8.15. The van der Waals surface area contributed by atoms with E-state index in [4.69, 9.17) is 10.5 Å². The lowest BCUT2D eigenvalue weighted by molar-refractivity contribution is -0.130. The number of ether oxygens (including phenoxy) is 1. The van der Waals surface area contributed by atoms with Crippen LogP contribution < -0.4 is 0 Å². The molecule has 0 aromatic carbocycles. The molecule has 0 rings (SSSR count). The smallest absolute Gasteiger partial charge is 0.357 e. The summed E-state index contributed by atoms with van der Waals surface area (Å²) in [5.41, 5.74) is -0.943. The number of rotatable bonds is 4. The zero-order valence-corrected chi connectivity index (χ0v) is 5.38. The first-order chi connectivity index (χ1) is 4.59. The Morgan fingerprint density at radius 3 is 2.40 bits per heavy atom. The molecule has 0 unspecified atom stereocenters. The Labute approximate surface area is 57.1 Å². The van der Waals surface area contributed by atoms with E-state index in [-0.39, 0.29) is 6.61 Å². The molecule has 0 aliphatic rings. The van der Waals surface area contributed by atoms with Gasteiger partial charge in [-0.15, -0.1) is 0 Å². The molecule has 0 amide bonds. The average molecular weight is 145 g/mol. The highest BCUT2D eigenvalue weighted by molar-refractivity contribution is 6.63. The molecule has 0 spiro atoms. The molecule has 0 atom stereocenters. The molecule has 0 saturated carbocycles. The second-order valence-corrected chi connectivity index (χ2v) is 1.54. The van der Waals surface area contributed by atoms with Crippen LogP contribution in [-0.2, 0) is 14.3 Å². The van der Waals surface area contributed by atoms with Gasteiger partial charge in [0.15, 0.2) is 5.71 Å². The highest BCUT2D eigenvalue weighted by Gasteiger charge is 2.15. The zero-order valence-electron chi connectivity index (χ0n) is 5.38. The number of carboxylic acids is 1. The Hall–Kier alpha value is -1.23. The Kier molecular flexibility index (Phi) is 3.27. The molecule has 0 saturated heterocycles. The van der Waals surface area contributed by atoms with Crippen LogP contribution in [0.4, 0.5) is 0 Å². The van der Waals surface area contributed by atoms with Crippen LogP contribution in [0.3, 0.4) is 0 Å². The molecule has 56 valence electrons. The van der Waals surface area contributed by atoms with Gasteiger partial charge >= 0.3 is 5.97 Å². The SMILES string of the molecule is COCC(=O)C(=N)C(=O)O. The molecule has 0 bridgehead atoms. The number of carbonyl (C=O) groups excluding carboxylic acids is 1. The van der Waals surface area contributed by atoms with Crippen LogP contribution in [0.15, 0.2) is 0 Å². The van der Waals surface area contributed by atoms with E-state index in [2.05, 4.69) is 4.74 Å². The molecule has 0 heterocycles. The first kappa shape index (κ1) is 8.77. The number of nitrogens with one attached hydrogen (secondary N) is 1. The molecular weight excluding hydrogens is 138 g/mol. The third-order valence-corrected chi connectivity index (χ3v) is 0.768. The lowest BCUT2D eigenvalue weighted by atomic mass is 10.2. The molecule has 0 aliphatic carbocycles. The summed E-state index contributed by atoms with van der Waals surface area (Å²) in [5, 5.41) is 14.7. The minimum absolute atomic E-state index is 0.356. The van der Waals surface area contributed by atoms with Crippen LogP contribution in [0.5, 0.6) is 0 Å². The van der Waals surface area contributed by atoms with Crippen molar-refractivity contribution in [3.05, 3.63) is 0 Å². The molecule has 0 aromatic heterocycles. The molecular formula is C5H7NO4. The van der Waals surface area contributed by atoms with Crippen LogP contribution in [0.2, 0.25) is 0 Å². The number of carboxylic acid groups (broad SMARTS) is 1. The van der Waals surface area contributed by atoms with Crippen molar-refractivity contribution in [2.24, 2.45) is 0 Å². The Morgan fingerprint density at radius 2 is 2.10 bits per heavy atom. The van der Waals surface area contributed by atoms with E-state index in [1.54, 1.807) is 0 Å². The van der Waals surface area contributed by atoms with Crippen molar-refractivity contribution in [1.82, 2.24) is 0 Å². The van der Waals surface area contributed by atoms with Crippen LogP contribution in [0, 0.1) is 5.41 Å². The molecule has 0 aliphatic heterocycles. The number of hydrogen-bond acceptors (Lipinski definition) is 4. The first-order valence-corrected chi connectivity index (χ1v) is 2.43. The summed E-state index contributed by atoms with van der Waals surface area (Å²) < 4.78 is 4.32. The topological polar surface area (TPSA) is 87.5 Å². The number of ketones is 1. The summed E-state index contributed by atoms with van der Waals surface area (Å²) in [7, 11) is 1.26. The minimum Gasteiger partial charge on any atom is -0.476 e. The normalized spacial score (nSPS) is 8.90. The fraction of sp³-hybridized carbons (Fsp3) is 0.400. The van der Waals surface area contributed by atoms with E-state index in [0.717, 1.165) is 0 Å². The Morgan fingerprint density at radius 1 is 1.60 bits per heavy atom. The van der Waals surface area contributed by atoms with Crippen LogP contribution >= 0.6 is 0 Å². The maximum absolute atomic E-state index is 10.5. The van der Waals surface area contributed by atoms with Gasteiger partial charge in [-0.1, -0.05) is 0 Å². The number of Topliss-reactive ketones (excluding diaryl/α,β-unsaturated/α-hetero) is 1. The maximum Gasteiger partial charge on any atom is 0.357 e. The van der Waals surface area contributed by atoms with Crippen molar-refractivity contribution in [2.45, 2.75) is 0 Å². The molecule has 2 N–H and O–H groups in total. The third-order valence-electron chi connectivity index (χ3n) is 0.768. The molecule has 5 nitrogen and oxygen atoms in total. The van der Waals surface area contributed by atoms with E-state index in [9.17, 15) is 9.59 Å². The van der Waals surface area contributed by atoms with Gasteiger partial charge in [0.25, 0.3) is 0 Å². The van der Waals surface area contributed by atoms with E-state index in [1.807, 2.05) is 0 Å². The highest BCUT2D eigenvalue weighted by Crippen LogP contribution is 1.79. The van der Waals surface area contributed by atoms with Crippen molar-refractivity contribution in [2.75, 3.05) is 13.7 Å². The number of carbonyl (C=O) groups is 2. The summed E-state index contributed by atoms with van der Waals surface area (Å²) in [6.07, 6.45) is 0. The molecule has 0 aromatic rings. The summed E-state index contributed by atoms with van der Waals surface area (Å²) in [4.78, 5) is 20.4. The number of aliphatic carboxylic acids is 1. The van der Waals surface area contributed by atoms with Crippen molar-refractivity contribution >= 4 is 17.5 Å². The standard InChI is InChI=1S/C5H7NO4/c1-10-2-3(7)4(6)5(8)9/h6H,2H2,1H3,(H,8,9). The minimum atomic E-state index is -1.53. The summed E-state index contributed by atoms with van der Waals surface area (Å²) in [6, 6.07) is 0. The molecule has 10 heavy (non-hydrogen) atoms. The first-order valence-electron chi connectivity index (χ1n) is 2.43. The summed E-state index contributed by atoms with van der Waals surface area (Å²) in [5.74, 6) is -2.35. The van der Waals surface area contributed by atoms with Gasteiger partial charge in [0, 0.05) is 7.11 Å². The molecule has 0 radical (unpaired) electrons. The Balaban J connectivity index is 3.96. The van der Waals surface area contributed by atoms with E-state index < -0.39 is 17.5 Å². The van der Waals surface area contributed by atoms with Gasteiger partial charge in [-0.2, -0.15) is 0 Å². The number of hydrogen-bond donors (Lipinski definition) is 2. The largest absolute Gasteiger partial charge is 0.476 e. The van der Waals surface area contributed by atoms with Gasteiger partial charge in [-0.05, 0) is 0 Å². The number of methoxy groups -OCH3 is 1. The van der Waals surface area contributed by atoms with Crippen molar-refractivity contribution in [3.63, 3.8) is 0 Å². The maximum atomic E-state index is 10.5. The van der Waals surface area contributed by atoms with Crippen molar-refractivity contribution < 1.29 is 19.4 Å². The predicted octanol–water partition coefficient (Wildman–Crippen LogP) is -0.694. The fourth-order valence-corrected chi connectivity index (χ4v) is 0.323. The third kappa shape index (κ3) is 2.36. The van der Waals surface area contributed by atoms with Crippen molar-refractivity contribution in [1.29, 1.82) is 5.41 Å². The van der Waals surface area contributed by atoms with E-state index in [0.29, 0.717) is 0 Å². The van der Waals surface area contributed by atoms with Gasteiger partial charge in [0.1, 0.15) is 6.61 Å². The van der Waals surface area contributed by atoms with Crippen molar-refractivity contribution in [3.8, 4) is 0 Å². The second-order valence-electron chi connectivity index (χ2n) is 1.54. The Bertz CT molecular complexity index is 174. The van der Waals surface area contributed by atoms with Crippen LogP contribution in [0.1, 0.15) is 0 Å². The second kappa shape index (κ2) is 3.73. The van der Waals surface area contributed by atoms with E-state index in [1.165, 1.54) is 7.11 Å². The molecule has 5 heteroatoms. The lowest BCUT2D eigenvalue weighted by Crippen LogP contribution is -2.25. The summed E-state index contributed by atoms with van der Waals surface area (Å²) >= 11 is 0. The summed E-state index contributed by atoms with van der Waals surface area (Å²) in [6.45, 7) is -0.356.